The fourth-order valence-corrected chi connectivity index (χ4v) is 2.84. The van der Waals surface area contributed by atoms with Crippen LogP contribution in [0.1, 0.15) is 22.0 Å². The van der Waals surface area contributed by atoms with Gasteiger partial charge in [0.05, 0.1) is 13.2 Å². The molecule has 1 aliphatic heterocycles. The van der Waals surface area contributed by atoms with Crippen molar-refractivity contribution in [2.45, 2.75) is 6.10 Å². The SMILES string of the molecule is O=C(c1ccc(I)cc1)N1CCOC(c2ccccc2)C1. The summed E-state index contributed by atoms with van der Waals surface area (Å²) in [6, 6.07) is 17.8. The number of hydrogen-bond donors (Lipinski definition) is 0. The first kappa shape index (κ1) is 14.5. The van der Waals surface area contributed by atoms with E-state index in [2.05, 4.69) is 22.6 Å². The van der Waals surface area contributed by atoms with Gasteiger partial charge in [-0.15, -0.1) is 0 Å². The largest absolute Gasteiger partial charge is 0.370 e. The third-order valence-corrected chi connectivity index (χ3v) is 4.34. The average molecular weight is 393 g/mol. The van der Waals surface area contributed by atoms with Gasteiger partial charge >= 0.3 is 0 Å². The van der Waals surface area contributed by atoms with Crippen LogP contribution in [0.2, 0.25) is 0 Å². The van der Waals surface area contributed by atoms with Crippen LogP contribution < -0.4 is 0 Å². The Labute approximate surface area is 138 Å². The molecule has 0 aromatic heterocycles. The van der Waals surface area contributed by atoms with Crippen molar-refractivity contribution in [3.05, 3.63) is 69.3 Å². The standard InChI is InChI=1S/C17H16INO2/c18-15-8-6-14(7-9-15)17(20)19-10-11-21-16(12-19)13-4-2-1-3-5-13/h1-9,16H,10-12H2. The second kappa shape index (κ2) is 6.58. The number of morpholine rings is 1. The summed E-state index contributed by atoms with van der Waals surface area (Å²) >= 11 is 2.24. The zero-order valence-corrected chi connectivity index (χ0v) is 13.7. The van der Waals surface area contributed by atoms with E-state index in [1.165, 1.54) is 0 Å². The van der Waals surface area contributed by atoms with E-state index in [1.807, 2.05) is 59.5 Å². The lowest BCUT2D eigenvalue weighted by molar-refractivity contribution is -0.0228. The molecule has 1 atom stereocenters. The second-order valence-corrected chi connectivity index (χ2v) is 6.27. The molecule has 1 unspecified atom stereocenters. The first-order chi connectivity index (χ1) is 10.2. The molecule has 3 rings (SSSR count). The number of halogens is 1. The predicted molar refractivity (Wildman–Crippen MR) is 90.2 cm³/mol. The quantitative estimate of drug-likeness (QED) is 0.731. The van der Waals surface area contributed by atoms with E-state index in [1.54, 1.807) is 0 Å². The Bertz CT molecular complexity index is 612. The summed E-state index contributed by atoms with van der Waals surface area (Å²) in [4.78, 5) is 14.4. The Kier molecular flexibility index (Phi) is 4.55. The van der Waals surface area contributed by atoms with Crippen molar-refractivity contribution in [1.29, 1.82) is 0 Å². The highest BCUT2D eigenvalue weighted by Gasteiger charge is 2.25. The minimum atomic E-state index is -0.0345. The summed E-state index contributed by atoms with van der Waals surface area (Å²) in [7, 11) is 0. The normalized spacial score (nSPS) is 18.5. The van der Waals surface area contributed by atoms with Gasteiger partial charge in [-0.25, -0.2) is 0 Å². The van der Waals surface area contributed by atoms with Crippen LogP contribution in [-0.4, -0.2) is 30.5 Å². The van der Waals surface area contributed by atoms with Gasteiger partial charge in [-0.2, -0.15) is 0 Å². The highest BCUT2D eigenvalue weighted by molar-refractivity contribution is 14.1. The van der Waals surface area contributed by atoms with Gasteiger partial charge in [0.25, 0.3) is 5.91 Å². The summed E-state index contributed by atoms with van der Waals surface area (Å²) in [6.45, 7) is 1.83. The highest BCUT2D eigenvalue weighted by Crippen LogP contribution is 2.23. The number of carbonyl (C=O) groups is 1. The molecule has 21 heavy (non-hydrogen) atoms. The summed E-state index contributed by atoms with van der Waals surface area (Å²) in [6.07, 6.45) is -0.0345. The molecule has 0 N–H and O–H groups in total. The Morgan fingerprint density at radius 2 is 1.81 bits per heavy atom. The molecule has 1 fully saturated rings. The van der Waals surface area contributed by atoms with Crippen LogP contribution in [0.5, 0.6) is 0 Å². The van der Waals surface area contributed by atoms with Gasteiger partial charge in [-0.3, -0.25) is 4.79 Å². The van der Waals surface area contributed by atoms with Crippen molar-refractivity contribution in [3.8, 4) is 0 Å². The van der Waals surface area contributed by atoms with Gasteiger partial charge in [-0.05, 0) is 52.4 Å². The van der Waals surface area contributed by atoms with Crippen molar-refractivity contribution < 1.29 is 9.53 Å². The van der Waals surface area contributed by atoms with Crippen molar-refractivity contribution >= 4 is 28.5 Å². The van der Waals surface area contributed by atoms with Crippen LogP contribution in [-0.2, 0) is 4.74 Å². The van der Waals surface area contributed by atoms with E-state index >= 15 is 0 Å². The summed E-state index contributed by atoms with van der Waals surface area (Å²) in [5, 5.41) is 0. The first-order valence-corrected chi connectivity index (χ1v) is 8.03. The third kappa shape index (κ3) is 3.44. The average Bonchev–Trinajstić information content (AvgIpc) is 2.56. The minimum absolute atomic E-state index is 0.0345. The molecular weight excluding hydrogens is 377 g/mol. The van der Waals surface area contributed by atoms with Crippen LogP contribution in [0.3, 0.4) is 0 Å². The maximum absolute atomic E-state index is 12.6. The lowest BCUT2D eigenvalue weighted by Gasteiger charge is -2.33. The molecule has 0 radical (unpaired) electrons. The lowest BCUT2D eigenvalue weighted by atomic mass is 10.1. The van der Waals surface area contributed by atoms with Crippen LogP contribution >= 0.6 is 22.6 Å². The molecule has 2 aromatic carbocycles. The molecule has 1 saturated heterocycles. The van der Waals surface area contributed by atoms with Crippen molar-refractivity contribution in [3.63, 3.8) is 0 Å². The Hall–Kier alpha value is -1.40. The molecule has 2 aromatic rings. The van der Waals surface area contributed by atoms with Gasteiger partial charge in [0, 0.05) is 15.7 Å². The molecule has 0 saturated carbocycles. The maximum atomic E-state index is 12.6. The molecular formula is C17H16INO2. The van der Waals surface area contributed by atoms with Crippen LogP contribution in [0.25, 0.3) is 0 Å². The van der Waals surface area contributed by atoms with Crippen LogP contribution in [0, 0.1) is 3.57 Å². The van der Waals surface area contributed by atoms with E-state index in [0.29, 0.717) is 19.7 Å². The zero-order chi connectivity index (χ0) is 14.7. The fourth-order valence-electron chi connectivity index (χ4n) is 2.48. The number of carbonyl (C=O) groups excluding carboxylic acids is 1. The molecule has 4 heteroatoms. The van der Waals surface area contributed by atoms with E-state index in [4.69, 9.17) is 4.74 Å². The first-order valence-electron chi connectivity index (χ1n) is 6.95. The molecule has 1 amide bonds. The fraction of sp³-hybridized carbons (Fsp3) is 0.235. The number of hydrogen-bond acceptors (Lipinski definition) is 2. The summed E-state index contributed by atoms with van der Waals surface area (Å²) in [5.41, 5.74) is 1.86. The molecule has 3 nitrogen and oxygen atoms in total. The highest BCUT2D eigenvalue weighted by atomic mass is 127. The third-order valence-electron chi connectivity index (χ3n) is 3.62. The van der Waals surface area contributed by atoms with Gasteiger partial charge in [0.15, 0.2) is 0 Å². The number of nitrogens with zero attached hydrogens (tertiary/aromatic N) is 1. The molecule has 1 heterocycles. The number of ether oxygens (including phenoxy) is 1. The minimum Gasteiger partial charge on any atom is -0.370 e. The Balaban J connectivity index is 1.74. The Morgan fingerprint density at radius 1 is 1.10 bits per heavy atom. The van der Waals surface area contributed by atoms with Crippen molar-refractivity contribution in [1.82, 2.24) is 4.90 Å². The van der Waals surface area contributed by atoms with E-state index in [9.17, 15) is 4.79 Å². The number of rotatable bonds is 2. The molecule has 1 aliphatic rings. The molecule has 0 spiro atoms. The number of benzene rings is 2. The maximum Gasteiger partial charge on any atom is 0.254 e. The summed E-state index contributed by atoms with van der Waals surface area (Å²) < 4.78 is 6.94. The smallest absolute Gasteiger partial charge is 0.254 e. The van der Waals surface area contributed by atoms with Gasteiger partial charge in [-0.1, -0.05) is 30.3 Å². The number of amides is 1. The molecule has 0 aliphatic carbocycles. The van der Waals surface area contributed by atoms with E-state index < -0.39 is 0 Å². The monoisotopic (exact) mass is 393 g/mol. The molecule has 0 bridgehead atoms. The Morgan fingerprint density at radius 3 is 2.52 bits per heavy atom. The molecule has 108 valence electrons. The second-order valence-electron chi connectivity index (χ2n) is 5.03. The van der Waals surface area contributed by atoms with Crippen LogP contribution in [0.15, 0.2) is 54.6 Å². The van der Waals surface area contributed by atoms with Gasteiger partial charge in [0.1, 0.15) is 6.10 Å². The van der Waals surface area contributed by atoms with Crippen LogP contribution in [0.4, 0.5) is 0 Å². The van der Waals surface area contributed by atoms with E-state index in [-0.39, 0.29) is 12.0 Å². The zero-order valence-electron chi connectivity index (χ0n) is 11.5. The summed E-state index contributed by atoms with van der Waals surface area (Å²) in [5.74, 6) is 0.0793. The van der Waals surface area contributed by atoms with E-state index in [0.717, 1.165) is 14.7 Å². The van der Waals surface area contributed by atoms with Crippen molar-refractivity contribution in [2.75, 3.05) is 19.7 Å². The topological polar surface area (TPSA) is 29.5 Å². The lowest BCUT2D eigenvalue weighted by Crippen LogP contribution is -2.42. The van der Waals surface area contributed by atoms with Gasteiger partial charge < -0.3 is 9.64 Å². The van der Waals surface area contributed by atoms with Crippen molar-refractivity contribution in [2.24, 2.45) is 0 Å². The predicted octanol–water partition coefficient (Wildman–Crippen LogP) is 3.50. The van der Waals surface area contributed by atoms with Gasteiger partial charge in [0.2, 0.25) is 0 Å².